The van der Waals surface area contributed by atoms with Crippen LogP contribution in [0.1, 0.15) is 24.6 Å². The highest BCUT2D eigenvalue weighted by atomic mass is 16.2. The summed E-state index contributed by atoms with van der Waals surface area (Å²) in [5, 5.41) is 3.91. The van der Waals surface area contributed by atoms with E-state index in [0.29, 0.717) is 6.42 Å². The van der Waals surface area contributed by atoms with Crippen LogP contribution in [0.25, 0.3) is 11.0 Å². The molecule has 0 unspecified atom stereocenters. The number of hydrogen-bond donors (Lipinski definition) is 1. The molecule has 0 aliphatic rings. The maximum absolute atomic E-state index is 11.7. The van der Waals surface area contributed by atoms with E-state index in [0.717, 1.165) is 4.68 Å². The molecule has 0 aromatic carbocycles. The monoisotopic (exact) mass is 234 g/mol. The molecule has 0 saturated heterocycles. The predicted octanol–water partition coefficient (Wildman–Crippen LogP) is 0.129. The van der Waals surface area contributed by atoms with Gasteiger partial charge in [-0.1, -0.05) is 6.92 Å². The number of Topliss-reactive ketones (excluding diaryl/α,β-unsaturated/α-hetero) is 1. The summed E-state index contributed by atoms with van der Waals surface area (Å²) in [4.78, 5) is 40.7. The maximum atomic E-state index is 11.7. The number of aromatic amines is 1. The third-order valence-electron chi connectivity index (χ3n) is 2.28. The summed E-state index contributed by atoms with van der Waals surface area (Å²) in [5.74, 6) is -1.31. The zero-order valence-corrected chi connectivity index (χ0v) is 9.14. The van der Waals surface area contributed by atoms with Crippen LogP contribution in [0.3, 0.4) is 0 Å². The van der Waals surface area contributed by atoms with E-state index in [4.69, 9.17) is 0 Å². The molecule has 0 aliphatic heterocycles. The van der Waals surface area contributed by atoms with Gasteiger partial charge in [0.2, 0.25) is 5.78 Å². The summed E-state index contributed by atoms with van der Waals surface area (Å²) >= 11 is 0. The molecular weight excluding hydrogens is 224 g/mol. The van der Waals surface area contributed by atoms with Crippen LogP contribution in [0.4, 0.5) is 0 Å². The zero-order chi connectivity index (χ0) is 12.4. The Morgan fingerprint density at radius 3 is 2.94 bits per heavy atom. The minimum Gasteiger partial charge on any atom is -0.312 e. The van der Waals surface area contributed by atoms with E-state index in [1.165, 1.54) is 12.5 Å². The Morgan fingerprint density at radius 2 is 2.24 bits per heavy atom. The number of H-pyrrole nitrogens is 1. The highest BCUT2D eigenvalue weighted by Gasteiger charge is 2.19. The normalized spacial score (nSPS) is 10.6. The number of ketones is 1. The molecule has 0 saturated carbocycles. The quantitative estimate of drug-likeness (QED) is 0.761. The molecule has 17 heavy (non-hydrogen) atoms. The van der Waals surface area contributed by atoms with E-state index in [2.05, 4.69) is 15.1 Å². The van der Waals surface area contributed by atoms with E-state index in [1.807, 2.05) is 0 Å². The Labute approximate surface area is 95.5 Å². The van der Waals surface area contributed by atoms with Gasteiger partial charge in [-0.25, -0.2) is 4.98 Å². The topological polar surface area (TPSA) is 97.7 Å². The Balaban J connectivity index is 2.50. The van der Waals surface area contributed by atoms with Crippen LogP contribution >= 0.6 is 0 Å². The molecule has 0 aliphatic carbocycles. The maximum Gasteiger partial charge on any atom is 0.316 e. The van der Waals surface area contributed by atoms with Crippen LogP contribution in [0.5, 0.6) is 0 Å². The van der Waals surface area contributed by atoms with Crippen molar-refractivity contribution in [1.82, 2.24) is 19.7 Å². The van der Waals surface area contributed by atoms with Gasteiger partial charge in [-0.15, -0.1) is 0 Å². The van der Waals surface area contributed by atoms with Gasteiger partial charge >= 0.3 is 5.91 Å². The van der Waals surface area contributed by atoms with Crippen LogP contribution in [-0.2, 0) is 4.79 Å². The molecule has 2 rings (SSSR count). The first-order valence-corrected chi connectivity index (χ1v) is 5.14. The molecule has 7 nitrogen and oxygen atoms in total. The molecule has 0 radical (unpaired) electrons. The molecule has 0 atom stereocenters. The molecule has 0 fully saturated rings. The number of carbonyl (C=O) groups excluding carboxylic acids is 2. The fourth-order valence-corrected chi connectivity index (χ4v) is 1.46. The standard InChI is InChI=1S/C10H10N4O3/c1-2-3-7(15)10(17)14-8-6(4-13-14)9(16)12-5-11-8/h4-5H,2-3H2,1H3,(H,11,12,16). The van der Waals surface area contributed by atoms with E-state index < -0.39 is 17.2 Å². The van der Waals surface area contributed by atoms with Crippen LogP contribution < -0.4 is 5.56 Å². The third-order valence-corrected chi connectivity index (χ3v) is 2.28. The first-order chi connectivity index (χ1) is 8.15. The van der Waals surface area contributed by atoms with Crippen molar-refractivity contribution < 1.29 is 9.59 Å². The third kappa shape index (κ3) is 1.86. The summed E-state index contributed by atoms with van der Waals surface area (Å²) in [6.07, 6.45) is 3.12. The summed E-state index contributed by atoms with van der Waals surface area (Å²) in [5.41, 5.74) is -0.291. The molecule has 7 heteroatoms. The number of rotatable bonds is 3. The first kappa shape index (κ1) is 11.2. The molecule has 1 N–H and O–H groups in total. The van der Waals surface area contributed by atoms with Crippen LogP contribution in [-0.4, -0.2) is 31.4 Å². The summed E-state index contributed by atoms with van der Waals surface area (Å²) in [7, 11) is 0. The van der Waals surface area contributed by atoms with Crippen molar-refractivity contribution in [2.75, 3.05) is 0 Å². The number of carbonyl (C=O) groups is 2. The van der Waals surface area contributed by atoms with Crippen LogP contribution in [0.15, 0.2) is 17.3 Å². The highest BCUT2D eigenvalue weighted by molar-refractivity contribution is 6.37. The first-order valence-electron chi connectivity index (χ1n) is 5.14. The second-order valence-corrected chi connectivity index (χ2v) is 3.50. The Kier molecular flexibility index (Phi) is 2.82. The number of aromatic nitrogens is 4. The molecule has 2 aromatic rings. The molecular formula is C10H10N4O3. The van der Waals surface area contributed by atoms with Gasteiger partial charge in [0, 0.05) is 6.42 Å². The summed E-state index contributed by atoms with van der Waals surface area (Å²) in [6, 6.07) is 0. The van der Waals surface area contributed by atoms with Crippen LogP contribution in [0.2, 0.25) is 0 Å². The molecule has 2 aromatic heterocycles. The second kappa shape index (κ2) is 4.28. The largest absolute Gasteiger partial charge is 0.316 e. The average Bonchev–Trinajstić information content (AvgIpc) is 2.73. The Morgan fingerprint density at radius 1 is 1.47 bits per heavy atom. The van der Waals surface area contributed by atoms with Gasteiger partial charge in [-0.2, -0.15) is 9.78 Å². The van der Waals surface area contributed by atoms with Crippen molar-refractivity contribution >= 4 is 22.7 Å². The SMILES string of the molecule is CCCC(=O)C(=O)n1ncc2c(=O)[nH]cnc21. The van der Waals surface area contributed by atoms with Gasteiger partial charge in [0.15, 0.2) is 5.65 Å². The van der Waals surface area contributed by atoms with E-state index in [-0.39, 0.29) is 17.5 Å². The molecule has 88 valence electrons. The number of hydrogen-bond acceptors (Lipinski definition) is 5. The second-order valence-electron chi connectivity index (χ2n) is 3.50. The van der Waals surface area contributed by atoms with Gasteiger partial charge in [0.05, 0.1) is 12.5 Å². The van der Waals surface area contributed by atoms with Crippen molar-refractivity contribution in [2.45, 2.75) is 19.8 Å². The van der Waals surface area contributed by atoms with Gasteiger partial charge in [0.1, 0.15) is 5.39 Å². The predicted molar refractivity (Wildman–Crippen MR) is 58.7 cm³/mol. The average molecular weight is 234 g/mol. The van der Waals surface area contributed by atoms with E-state index in [9.17, 15) is 14.4 Å². The number of fused-ring (bicyclic) bond motifs is 1. The summed E-state index contributed by atoms with van der Waals surface area (Å²) < 4.78 is 0.864. The van der Waals surface area contributed by atoms with Gasteiger partial charge < -0.3 is 4.98 Å². The zero-order valence-electron chi connectivity index (χ0n) is 9.14. The van der Waals surface area contributed by atoms with Gasteiger partial charge in [0.25, 0.3) is 5.56 Å². The lowest BCUT2D eigenvalue weighted by Gasteiger charge is -1.99. The van der Waals surface area contributed by atoms with Crippen molar-refractivity contribution in [3.05, 3.63) is 22.9 Å². The van der Waals surface area contributed by atoms with Gasteiger partial charge in [-0.3, -0.25) is 14.4 Å². The highest BCUT2D eigenvalue weighted by Crippen LogP contribution is 2.05. The number of nitrogens with one attached hydrogen (secondary N) is 1. The lowest BCUT2D eigenvalue weighted by molar-refractivity contribution is -0.115. The Bertz CT molecular complexity index is 640. The minimum absolute atomic E-state index is 0.100. The molecule has 0 spiro atoms. The van der Waals surface area contributed by atoms with Gasteiger partial charge in [-0.05, 0) is 6.42 Å². The molecule has 0 bridgehead atoms. The lowest BCUT2D eigenvalue weighted by atomic mass is 10.2. The van der Waals surface area contributed by atoms with E-state index >= 15 is 0 Å². The number of nitrogens with zero attached hydrogens (tertiary/aromatic N) is 3. The Hall–Kier alpha value is -2.31. The molecule has 2 heterocycles. The molecule has 0 amide bonds. The smallest absolute Gasteiger partial charge is 0.312 e. The fourth-order valence-electron chi connectivity index (χ4n) is 1.46. The van der Waals surface area contributed by atoms with Crippen molar-refractivity contribution in [2.24, 2.45) is 0 Å². The van der Waals surface area contributed by atoms with Crippen molar-refractivity contribution in [1.29, 1.82) is 0 Å². The van der Waals surface area contributed by atoms with Crippen LogP contribution in [0, 0.1) is 0 Å². The fraction of sp³-hybridized carbons (Fsp3) is 0.300. The van der Waals surface area contributed by atoms with E-state index in [1.54, 1.807) is 6.92 Å². The summed E-state index contributed by atoms with van der Waals surface area (Å²) in [6.45, 7) is 1.80. The lowest BCUT2D eigenvalue weighted by Crippen LogP contribution is -2.23. The van der Waals surface area contributed by atoms with Crippen molar-refractivity contribution in [3.63, 3.8) is 0 Å². The minimum atomic E-state index is -0.764. The van der Waals surface area contributed by atoms with Crippen molar-refractivity contribution in [3.8, 4) is 0 Å².